The number of nitrogens with zero attached hydrogens (tertiary/aromatic N) is 1. The average Bonchev–Trinajstić information content (AvgIpc) is 2.77. The van der Waals surface area contributed by atoms with Crippen molar-refractivity contribution in [2.24, 2.45) is 11.7 Å². The van der Waals surface area contributed by atoms with Gasteiger partial charge in [0.15, 0.2) is 0 Å². The summed E-state index contributed by atoms with van der Waals surface area (Å²) in [6.45, 7) is 3.63. The number of piperidine rings is 1. The maximum Gasteiger partial charge on any atom is 0.451 e. The fourth-order valence-corrected chi connectivity index (χ4v) is 5.66. The number of hydrogen-bond acceptors (Lipinski definition) is 6. The highest BCUT2D eigenvalue weighted by Gasteiger charge is 2.43. The number of rotatable bonds is 11. The Morgan fingerprint density at radius 2 is 1.85 bits per heavy atom. The van der Waals surface area contributed by atoms with E-state index >= 15 is 0 Å². The quantitative estimate of drug-likeness (QED) is 0.184. The summed E-state index contributed by atoms with van der Waals surface area (Å²) >= 11 is 0. The van der Waals surface area contributed by atoms with Gasteiger partial charge in [-0.2, -0.15) is 13.2 Å². The van der Waals surface area contributed by atoms with Crippen LogP contribution in [0.5, 0.6) is 0 Å². The molecule has 2 atom stereocenters. The molecule has 2 unspecified atom stereocenters. The van der Waals surface area contributed by atoms with E-state index in [2.05, 4.69) is 9.03 Å². The molecule has 7 nitrogen and oxygen atoms in total. The van der Waals surface area contributed by atoms with E-state index < -0.39 is 41.2 Å². The largest absolute Gasteiger partial charge is 0.480 e. The van der Waals surface area contributed by atoms with Crippen molar-refractivity contribution in [3.05, 3.63) is 35.4 Å². The average molecular weight is 491 g/mol. The molecule has 6 N–H and O–H groups in total. The number of hydrogen-bond donors (Lipinski definition) is 5. The highest BCUT2D eigenvalue weighted by Crippen LogP contribution is 2.34. The lowest BCUT2D eigenvalue weighted by Crippen LogP contribution is -2.56. The molecule has 1 saturated heterocycles. The Balaban J connectivity index is 1.89. The second-order valence-corrected chi connectivity index (χ2v) is 10.2. The van der Waals surface area contributed by atoms with E-state index in [1.807, 2.05) is 12.3 Å². The number of aliphatic carboxylic acids is 1. The van der Waals surface area contributed by atoms with Gasteiger partial charge in [-0.3, -0.25) is 9.52 Å². The van der Waals surface area contributed by atoms with Gasteiger partial charge in [-0.1, -0.05) is 35.8 Å². The molecular weight excluding hydrogens is 458 g/mol. The van der Waals surface area contributed by atoms with E-state index in [4.69, 9.17) is 15.8 Å². The lowest BCUT2D eigenvalue weighted by atomic mass is 9.74. The van der Waals surface area contributed by atoms with Crippen molar-refractivity contribution < 1.29 is 33.1 Å². The Kier molecular flexibility index (Phi) is 10.4. The summed E-state index contributed by atoms with van der Waals surface area (Å²) in [7, 11) is -1.81. The Morgan fingerprint density at radius 1 is 1.24 bits per heavy atom. The third-order valence-corrected chi connectivity index (χ3v) is 7.90. The number of halogens is 3. The maximum absolute atomic E-state index is 12.7. The van der Waals surface area contributed by atoms with Crippen molar-refractivity contribution in [2.45, 2.75) is 63.6 Å². The van der Waals surface area contributed by atoms with Crippen LogP contribution in [0.1, 0.15) is 50.2 Å². The molecule has 0 aliphatic carbocycles. The van der Waals surface area contributed by atoms with Gasteiger partial charge in [0.25, 0.3) is 0 Å². The van der Waals surface area contributed by atoms with Gasteiger partial charge in [-0.25, -0.2) is 4.31 Å². The molecule has 186 valence electrons. The van der Waals surface area contributed by atoms with Gasteiger partial charge in [-0.15, -0.1) is 0 Å². The molecule has 0 saturated carbocycles. The van der Waals surface area contributed by atoms with Crippen LogP contribution in [0.25, 0.3) is 0 Å². The van der Waals surface area contributed by atoms with Gasteiger partial charge in [0.2, 0.25) is 0 Å². The number of nitrogens with two attached hydrogens (primary N) is 1. The van der Waals surface area contributed by atoms with Crippen LogP contribution in [0.15, 0.2) is 24.3 Å². The molecule has 1 fully saturated rings. The zero-order chi connectivity index (χ0) is 24.6. The van der Waals surface area contributed by atoms with Crippen LogP contribution in [0.2, 0.25) is 6.32 Å². The van der Waals surface area contributed by atoms with Crippen LogP contribution in [0.4, 0.5) is 13.2 Å². The lowest BCUT2D eigenvalue weighted by molar-refractivity contribution is -0.146. The van der Waals surface area contributed by atoms with Crippen molar-refractivity contribution in [1.29, 1.82) is 0 Å². The summed E-state index contributed by atoms with van der Waals surface area (Å²) in [5.74, 6) is -1.23. The molecule has 2 rings (SSSR count). The molecule has 1 aliphatic rings. The first-order valence-electron chi connectivity index (χ1n) is 11.0. The van der Waals surface area contributed by atoms with Crippen molar-refractivity contribution in [3.63, 3.8) is 0 Å². The third-order valence-electron chi connectivity index (χ3n) is 6.09. The highest BCUT2D eigenvalue weighted by atomic mass is 32.2. The minimum absolute atomic E-state index is 0.188. The Morgan fingerprint density at radius 3 is 2.33 bits per heavy atom. The summed E-state index contributed by atoms with van der Waals surface area (Å²) in [6.07, 6.45) is -1.67. The highest BCUT2D eigenvalue weighted by molar-refractivity contribution is 8.11. The molecule has 1 heterocycles. The Bertz CT molecular complexity index is 803. The molecule has 0 radical (unpaired) electrons. The van der Waals surface area contributed by atoms with E-state index in [0.29, 0.717) is 45.3 Å². The molecule has 0 amide bonds. The molecule has 0 spiro atoms. The number of nitrogens with one attached hydrogen (secondary N) is 1. The van der Waals surface area contributed by atoms with Gasteiger partial charge in [-0.05, 0) is 61.5 Å². The van der Waals surface area contributed by atoms with Crippen molar-refractivity contribution in [2.75, 3.05) is 13.1 Å². The number of benzene rings is 1. The summed E-state index contributed by atoms with van der Waals surface area (Å²) in [5.41, 5.74) is 5.04. The zero-order valence-electron chi connectivity index (χ0n) is 18.7. The van der Waals surface area contributed by atoms with E-state index in [-0.39, 0.29) is 18.7 Å². The molecule has 33 heavy (non-hydrogen) atoms. The van der Waals surface area contributed by atoms with Crippen LogP contribution in [-0.2, 0) is 17.5 Å². The maximum atomic E-state index is 12.7. The van der Waals surface area contributed by atoms with E-state index in [1.165, 1.54) is 12.1 Å². The van der Waals surface area contributed by atoms with E-state index in [1.54, 1.807) is 0 Å². The number of carboxylic acids is 1. The zero-order valence-corrected chi connectivity index (χ0v) is 19.5. The first-order chi connectivity index (χ1) is 15.5. The predicted octanol–water partition coefficient (Wildman–Crippen LogP) is 2.85. The summed E-state index contributed by atoms with van der Waals surface area (Å²) < 4.78 is 43.7. The molecular formula is C21H33BF3N3O4S. The second-order valence-electron chi connectivity index (χ2n) is 8.34. The number of unbranched alkanes of at least 4 members (excludes halogenated alkanes) is 1. The second kappa shape index (κ2) is 12.3. The van der Waals surface area contributed by atoms with Crippen molar-refractivity contribution in [3.8, 4) is 0 Å². The van der Waals surface area contributed by atoms with Gasteiger partial charge in [0.1, 0.15) is 5.54 Å². The van der Waals surface area contributed by atoms with Crippen molar-refractivity contribution >= 4 is 29.3 Å². The van der Waals surface area contributed by atoms with E-state index in [9.17, 15) is 23.1 Å². The minimum atomic E-state index is -4.36. The van der Waals surface area contributed by atoms with Gasteiger partial charge in [0.05, 0.1) is 5.56 Å². The molecule has 1 aromatic rings. The summed E-state index contributed by atoms with van der Waals surface area (Å²) in [6, 6.07) is 5.07. The van der Waals surface area contributed by atoms with Crippen LogP contribution in [0.3, 0.4) is 0 Å². The normalized spacial score (nSPS) is 18.8. The van der Waals surface area contributed by atoms with Crippen molar-refractivity contribution in [1.82, 2.24) is 9.03 Å². The van der Waals surface area contributed by atoms with Crippen LogP contribution < -0.4 is 10.5 Å². The summed E-state index contributed by atoms with van der Waals surface area (Å²) in [5, 5.41) is 29.7. The van der Waals surface area contributed by atoms with E-state index in [0.717, 1.165) is 17.7 Å². The SMILES string of the molecule is C/C=S(\NCc1ccc(C(F)(F)F)cc1)N1CCC(C(N)(CCCCB(O)O)C(=O)O)CC1. The number of carboxylic acid groups (broad SMARTS) is 1. The molecule has 1 aromatic carbocycles. The third kappa shape index (κ3) is 8.08. The Labute approximate surface area is 195 Å². The first-order valence-corrected chi connectivity index (χ1v) is 12.3. The van der Waals surface area contributed by atoms with Gasteiger partial charge in [0, 0.05) is 19.6 Å². The molecule has 0 aromatic heterocycles. The number of carbonyl (C=O) groups is 1. The minimum Gasteiger partial charge on any atom is -0.480 e. The van der Waals surface area contributed by atoms with Crippen LogP contribution >= 0.6 is 10.9 Å². The lowest BCUT2D eigenvalue weighted by Gasteiger charge is -2.41. The fraction of sp³-hybridized carbons (Fsp3) is 0.619. The fourth-order valence-electron chi connectivity index (χ4n) is 4.09. The van der Waals surface area contributed by atoms with Gasteiger partial charge < -0.3 is 20.9 Å². The molecule has 0 bridgehead atoms. The van der Waals surface area contributed by atoms with Gasteiger partial charge >= 0.3 is 19.3 Å². The predicted molar refractivity (Wildman–Crippen MR) is 125 cm³/mol. The van der Waals surface area contributed by atoms with Crippen LogP contribution in [-0.4, -0.2) is 56.5 Å². The molecule has 12 heteroatoms. The standard InChI is InChI=1S/C21H33BF3N3O4S/c1-2-33(27-15-16-5-7-18(8-6-16)21(23,24)25)28-13-9-17(10-14-28)20(26,19(29)30)11-3-4-12-22(31)32/h2,5-8,17,27,31-32H,3-4,9-15,26H2,1H3,(H,29,30). The molecule has 1 aliphatic heterocycles. The summed E-state index contributed by atoms with van der Waals surface area (Å²) in [4.78, 5) is 11.9. The van der Waals surface area contributed by atoms with Crippen LogP contribution in [0, 0.1) is 5.92 Å². The monoisotopic (exact) mass is 491 g/mol. The smallest absolute Gasteiger partial charge is 0.451 e. The first kappa shape index (κ1) is 27.8. The Hall–Kier alpha value is -1.44. The topological polar surface area (TPSA) is 119 Å². The number of alkyl halides is 3.